The normalized spacial score (nSPS) is 18.1. The fourth-order valence-electron chi connectivity index (χ4n) is 5.09. The van der Waals surface area contributed by atoms with E-state index in [-0.39, 0.29) is 18.2 Å². The summed E-state index contributed by atoms with van der Waals surface area (Å²) in [5.74, 6) is 1.69. The van der Waals surface area contributed by atoms with Gasteiger partial charge in [0.15, 0.2) is 23.1 Å². The molecule has 2 aromatic rings. The number of hydrogen-bond acceptors (Lipinski definition) is 5. The van der Waals surface area contributed by atoms with E-state index in [9.17, 15) is 9.59 Å². The van der Waals surface area contributed by atoms with Crippen LogP contribution in [0.4, 0.5) is 0 Å². The molecule has 188 valence electrons. The highest BCUT2D eigenvalue weighted by atomic mass is 35.5. The summed E-state index contributed by atoms with van der Waals surface area (Å²) in [7, 11) is 0. The quantitative estimate of drug-likeness (QED) is 0.370. The van der Waals surface area contributed by atoms with Crippen molar-refractivity contribution in [2.24, 2.45) is 0 Å². The standard InChI is InChI=1S/C28H25Cl3O5/c1-2-34-24-13-16(12-19(31)28(24)35-14-15-9-10-17(29)18(30)11-15)25-26-20(32)5-3-7-22(26)36-23-8-4-6-21(33)27(23)25/h9-13,25H,2-8,14H2,1H3. The third-order valence-corrected chi connectivity index (χ3v) is 7.69. The summed E-state index contributed by atoms with van der Waals surface area (Å²) in [6.07, 6.45) is 3.72. The summed E-state index contributed by atoms with van der Waals surface area (Å²) in [4.78, 5) is 26.2. The maximum Gasteiger partial charge on any atom is 0.180 e. The lowest BCUT2D eigenvalue weighted by atomic mass is 9.73. The van der Waals surface area contributed by atoms with Crippen LogP contribution in [0.2, 0.25) is 15.1 Å². The van der Waals surface area contributed by atoms with Crippen LogP contribution in [-0.2, 0) is 20.9 Å². The molecule has 1 heterocycles. The molecule has 5 rings (SSSR count). The molecule has 0 amide bonds. The molecular formula is C28H25Cl3O5. The van der Waals surface area contributed by atoms with Crippen molar-refractivity contribution in [3.63, 3.8) is 0 Å². The van der Waals surface area contributed by atoms with Crippen molar-refractivity contribution in [1.29, 1.82) is 0 Å². The van der Waals surface area contributed by atoms with Crippen LogP contribution in [0.15, 0.2) is 53.0 Å². The Bertz CT molecular complexity index is 1270. The Morgan fingerprint density at radius 3 is 2.11 bits per heavy atom. The number of ether oxygens (including phenoxy) is 3. The summed E-state index contributed by atoms with van der Waals surface area (Å²) in [5, 5.41) is 1.23. The molecule has 0 N–H and O–H groups in total. The predicted octanol–water partition coefficient (Wildman–Crippen LogP) is 7.75. The van der Waals surface area contributed by atoms with Crippen molar-refractivity contribution in [3.8, 4) is 11.5 Å². The van der Waals surface area contributed by atoms with E-state index >= 15 is 0 Å². The lowest BCUT2D eigenvalue weighted by Crippen LogP contribution is -2.30. The maximum absolute atomic E-state index is 13.1. The molecule has 0 aromatic heterocycles. The first-order valence-corrected chi connectivity index (χ1v) is 13.2. The molecular weight excluding hydrogens is 523 g/mol. The minimum atomic E-state index is -0.523. The number of carbonyl (C=O) groups is 2. The Hall–Kier alpha value is -2.47. The SMILES string of the molecule is CCOc1cc(C2C3=C(CCCC3=O)OC3=C2C(=O)CCC3)cc(Cl)c1OCc1ccc(Cl)c(Cl)c1. The first kappa shape index (κ1) is 25.2. The van der Waals surface area contributed by atoms with E-state index in [1.54, 1.807) is 18.2 Å². The van der Waals surface area contributed by atoms with Crippen molar-refractivity contribution in [2.45, 2.75) is 58.0 Å². The maximum atomic E-state index is 13.1. The molecule has 8 heteroatoms. The molecule has 0 fully saturated rings. The molecule has 0 spiro atoms. The van der Waals surface area contributed by atoms with Crippen LogP contribution in [0.25, 0.3) is 0 Å². The average Bonchev–Trinajstić information content (AvgIpc) is 2.85. The van der Waals surface area contributed by atoms with Crippen LogP contribution in [0.5, 0.6) is 11.5 Å². The topological polar surface area (TPSA) is 61.8 Å². The van der Waals surface area contributed by atoms with E-state index in [0.717, 1.165) is 24.0 Å². The van der Waals surface area contributed by atoms with E-state index in [1.165, 1.54) is 0 Å². The zero-order valence-electron chi connectivity index (χ0n) is 19.8. The van der Waals surface area contributed by atoms with Gasteiger partial charge in [0.1, 0.15) is 18.1 Å². The number of benzene rings is 2. The Labute approximate surface area is 225 Å². The van der Waals surface area contributed by atoms with Crippen molar-refractivity contribution >= 4 is 46.4 Å². The van der Waals surface area contributed by atoms with Gasteiger partial charge in [-0.3, -0.25) is 9.59 Å². The van der Waals surface area contributed by atoms with Gasteiger partial charge in [0.2, 0.25) is 0 Å². The number of carbonyl (C=O) groups excluding carboxylic acids is 2. The molecule has 3 aliphatic rings. The highest BCUT2D eigenvalue weighted by molar-refractivity contribution is 6.42. The monoisotopic (exact) mass is 546 g/mol. The van der Waals surface area contributed by atoms with Crippen LogP contribution in [-0.4, -0.2) is 18.2 Å². The molecule has 2 aromatic carbocycles. The number of hydrogen-bond donors (Lipinski definition) is 0. The molecule has 0 saturated heterocycles. The minimum Gasteiger partial charge on any atom is -0.490 e. The van der Waals surface area contributed by atoms with E-state index in [0.29, 0.717) is 81.5 Å². The van der Waals surface area contributed by atoms with E-state index in [2.05, 4.69) is 0 Å². The number of Topliss-reactive ketones (excluding diaryl/α,β-unsaturated/α-hetero) is 2. The van der Waals surface area contributed by atoms with Crippen molar-refractivity contribution in [3.05, 3.63) is 79.2 Å². The molecule has 0 saturated carbocycles. The summed E-state index contributed by atoms with van der Waals surface area (Å²) < 4.78 is 18.1. The molecule has 5 nitrogen and oxygen atoms in total. The first-order valence-electron chi connectivity index (χ1n) is 12.1. The van der Waals surface area contributed by atoms with Crippen LogP contribution in [0.3, 0.4) is 0 Å². The Morgan fingerprint density at radius 2 is 1.50 bits per heavy atom. The van der Waals surface area contributed by atoms with Gasteiger partial charge in [0, 0.05) is 42.7 Å². The van der Waals surface area contributed by atoms with Gasteiger partial charge >= 0.3 is 0 Å². The van der Waals surface area contributed by atoms with Crippen LogP contribution < -0.4 is 9.47 Å². The van der Waals surface area contributed by atoms with Crippen LogP contribution in [0.1, 0.15) is 62.5 Å². The fraction of sp³-hybridized carbons (Fsp3) is 0.357. The van der Waals surface area contributed by atoms with Crippen molar-refractivity contribution in [1.82, 2.24) is 0 Å². The third kappa shape index (κ3) is 4.77. The van der Waals surface area contributed by atoms with Gasteiger partial charge in [-0.2, -0.15) is 0 Å². The van der Waals surface area contributed by atoms with E-state index in [4.69, 9.17) is 49.0 Å². The van der Waals surface area contributed by atoms with Gasteiger partial charge in [0.05, 0.1) is 21.7 Å². The fourth-order valence-corrected chi connectivity index (χ4v) is 5.69. The summed E-state index contributed by atoms with van der Waals surface area (Å²) >= 11 is 18.9. The zero-order valence-corrected chi connectivity index (χ0v) is 22.1. The number of rotatable bonds is 6. The Balaban J connectivity index is 1.56. The van der Waals surface area contributed by atoms with E-state index in [1.807, 2.05) is 19.1 Å². The smallest absolute Gasteiger partial charge is 0.180 e. The summed E-state index contributed by atoms with van der Waals surface area (Å²) in [6, 6.07) is 8.86. The number of ketones is 2. The molecule has 0 bridgehead atoms. The molecule has 0 unspecified atom stereocenters. The van der Waals surface area contributed by atoms with Crippen LogP contribution in [0, 0.1) is 0 Å². The average molecular weight is 548 g/mol. The highest BCUT2D eigenvalue weighted by Crippen LogP contribution is 2.50. The Morgan fingerprint density at radius 1 is 0.833 bits per heavy atom. The lowest BCUT2D eigenvalue weighted by Gasteiger charge is -2.36. The minimum absolute atomic E-state index is 0.0141. The lowest BCUT2D eigenvalue weighted by molar-refractivity contribution is -0.117. The van der Waals surface area contributed by atoms with Crippen LogP contribution >= 0.6 is 34.8 Å². The molecule has 2 aliphatic carbocycles. The second kappa shape index (κ2) is 10.5. The van der Waals surface area contributed by atoms with Crippen molar-refractivity contribution in [2.75, 3.05) is 6.61 Å². The molecule has 1 aliphatic heterocycles. The third-order valence-electron chi connectivity index (χ3n) is 6.67. The molecule has 36 heavy (non-hydrogen) atoms. The molecule has 0 radical (unpaired) electrons. The highest BCUT2D eigenvalue weighted by Gasteiger charge is 2.42. The number of allylic oxidation sites excluding steroid dienone is 4. The summed E-state index contributed by atoms with van der Waals surface area (Å²) in [6.45, 7) is 2.46. The van der Waals surface area contributed by atoms with Gasteiger partial charge in [-0.1, -0.05) is 40.9 Å². The largest absolute Gasteiger partial charge is 0.490 e. The zero-order chi connectivity index (χ0) is 25.4. The molecule has 0 atom stereocenters. The number of halogens is 3. The van der Waals surface area contributed by atoms with Gasteiger partial charge in [0.25, 0.3) is 0 Å². The van der Waals surface area contributed by atoms with Crippen molar-refractivity contribution < 1.29 is 23.8 Å². The second-order valence-corrected chi connectivity index (χ2v) is 10.3. The van der Waals surface area contributed by atoms with Gasteiger partial charge in [-0.15, -0.1) is 0 Å². The first-order chi connectivity index (χ1) is 17.4. The predicted molar refractivity (Wildman–Crippen MR) is 139 cm³/mol. The van der Waals surface area contributed by atoms with E-state index < -0.39 is 5.92 Å². The van der Waals surface area contributed by atoms with Gasteiger partial charge < -0.3 is 14.2 Å². The second-order valence-electron chi connectivity index (χ2n) is 9.06. The van der Waals surface area contributed by atoms with Gasteiger partial charge in [-0.25, -0.2) is 0 Å². The van der Waals surface area contributed by atoms with Gasteiger partial charge in [-0.05, 0) is 55.2 Å². The summed E-state index contributed by atoms with van der Waals surface area (Å²) in [5.41, 5.74) is 2.68. The Kier molecular flexibility index (Phi) is 7.34.